The lowest BCUT2D eigenvalue weighted by Crippen LogP contribution is -2.35. The Morgan fingerprint density at radius 2 is 1.36 bits per heavy atom. The Balaban J connectivity index is 0.000000398. The molecule has 1 aromatic heterocycles. The average Bonchev–Trinajstić information content (AvgIpc) is 2.67. The number of urea groups is 1. The largest absolute Gasteiger partial charge is 0.778 e. The number of sulfonamides is 1. The number of carbonyl (C=O) groups is 7. The van der Waals surface area contributed by atoms with Gasteiger partial charge >= 0.3 is 43.1 Å². The topological polar surface area (TPSA) is 377 Å². The van der Waals surface area contributed by atoms with Crippen LogP contribution in [0.5, 0.6) is 17.5 Å². The number of halogens is 8. The molecule has 6 rings (SSSR count). The maximum atomic E-state index is 12.7. The SMILES string of the molecule is CCOC(=O)/C(Cl)=C/c1cc(N2C(=O)C3=C(CCCC3)C2=O)ccc1Cl.COc1c(Cl)ccc(Cl)c1C(=O)O.C[S+](C)C.O=C(Nc1nc(OC(F)F)cc(OC(F)F)n1)NS(=O)(=O)c1ccccc1C(=O)O.O=C(O)CNCP(=O)([O-])O. The smallest absolute Gasteiger partial charge is 0.388 e. The monoisotopic (exact) mass is 1310 g/mol. The molecular formula is C47H49Cl4F4N6O19PS2. The van der Waals surface area contributed by atoms with Gasteiger partial charge in [0.2, 0.25) is 17.7 Å². The number of nitrogens with zero attached hydrogens (tertiary/aromatic N) is 3. The average molecular weight is 1310 g/mol. The highest BCUT2D eigenvalue weighted by atomic mass is 35.5. The van der Waals surface area contributed by atoms with Crippen molar-refractivity contribution in [1.29, 1.82) is 0 Å². The fourth-order valence-electron chi connectivity index (χ4n) is 6.33. The number of amides is 4. The lowest BCUT2D eigenvalue weighted by Gasteiger charge is -2.16. The van der Waals surface area contributed by atoms with Crippen molar-refractivity contribution in [2.45, 2.75) is 50.7 Å². The minimum Gasteiger partial charge on any atom is -0.778 e. The molecule has 1 atom stereocenters. The van der Waals surface area contributed by atoms with Crippen LogP contribution >= 0.6 is 54.0 Å². The summed E-state index contributed by atoms with van der Waals surface area (Å²) in [7, 11) is -7.08. The number of imide groups is 1. The summed E-state index contributed by atoms with van der Waals surface area (Å²) in [5.74, 6) is -7.93. The van der Waals surface area contributed by atoms with E-state index < -0.39 is 102 Å². The molecule has 1 unspecified atom stereocenters. The van der Waals surface area contributed by atoms with E-state index in [-0.39, 0.29) is 44.8 Å². The number of aromatic nitrogens is 2. The molecule has 4 aromatic rings. The number of rotatable bonds is 18. The number of methoxy groups -OCH3 is 1. The molecule has 2 heterocycles. The van der Waals surface area contributed by atoms with Gasteiger partial charge in [0, 0.05) is 16.2 Å². The molecule has 1 aliphatic carbocycles. The number of esters is 1. The van der Waals surface area contributed by atoms with Gasteiger partial charge in [-0.1, -0.05) is 58.5 Å². The summed E-state index contributed by atoms with van der Waals surface area (Å²) in [6.07, 6.45) is 10.3. The van der Waals surface area contributed by atoms with E-state index in [1.54, 1.807) is 30.4 Å². The number of hydrogen-bond acceptors (Lipinski definition) is 18. The summed E-state index contributed by atoms with van der Waals surface area (Å²) in [5.41, 5.74) is 1.28. The molecule has 0 saturated heterocycles. The fraction of sp³-hybridized carbons (Fsp3) is 0.298. The molecule has 0 radical (unpaired) electrons. The van der Waals surface area contributed by atoms with E-state index in [1.807, 2.05) is 5.32 Å². The lowest BCUT2D eigenvalue weighted by atomic mass is 9.93. The standard InChI is InChI=1S/C19H17Cl2NO4.C14H10F4N4O7S.C8H6Cl2O3.C3H8NO5P.C3H9S/c1-2-26-19(25)16(21)10-11-9-12(7-8-15(11)20)22-17(23)13-5-3-4-6-14(13)18(22)24;15-11(16)28-8-5-9(29-12(17)18)20-13(19-8)21-14(25)22-30(26,27)7-4-2-1-3-6(7)10(23)24;1-13-7-5(10)3-2-4(9)6(7)8(11)12;5-3(6)1-4-2-10(7,8)9;1-4(2)3/h7-10H,2-6H2,1H3;1-5,11-12H,(H,23,24)(H2,19,20,21,22,25);2-3H,1H3,(H,11,12);4H,1-2H2,(H,5,6)(H2,7,8,9);1-3H3/q;;;;+1/p-1/b16-10-;;;;. The predicted octanol–water partition coefficient (Wildman–Crippen LogP) is 7.47. The van der Waals surface area contributed by atoms with E-state index in [2.05, 4.69) is 38.2 Å². The minimum atomic E-state index is -4.71. The molecular weight excluding hydrogens is 1270 g/mol. The van der Waals surface area contributed by atoms with Crippen LogP contribution in [-0.2, 0) is 49.4 Å². The van der Waals surface area contributed by atoms with Gasteiger partial charge in [-0.25, -0.2) is 37.2 Å². The van der Waals surface area contributed by atoms with Crippen molar-refractivity contribution in [3.63, 3.8) is 0 Å². The number of aliphatic carboxylic acids is 1. The number of nitrogens with one attached hydrogen (secondary N) is 3. The summed E-state index contributed by atoms with van der Waals surface area (Å²) in [6.45, 7) is -5.42. The molecule has 83 heavy (non-hydrogen) atoms. The van der Waals surface area contributed by atoms with Crippen molar-refractivity contribution in [2.75, 3.05) is 55.5 Å². The van der Waals surface area contributed by atoms with Crippen LogP contribution in [0.15, 0.2) is 81.7 Å². The third-order valence-corrected chi connectivity index (χ3v) is 12.6. The van der Waals surface area contributed by atoms with Crippen molar-refractivity contribution >= 4 is 134 Å². The maximum Gasteiger partial charge on any atom is 0.388 e. The van der Waals surface area contributed by atoms with E-state index in [9.17, 15) is 69.0 Å². The van der Waals surface area contributed by atoms with Crippen molar-refractivity contribution in [3.8, 4) is 17.5 Å². The second-order valence-corrected chi connectivity index (χ2v) is 23.4. The van der Waals surface area contributed by atoms with Crippen LogP contribution in [0.2, 0.25) is 15.1 Å². The Morgan fingerprint density at radius 1 is 0.843 bits per heavy atom. The van der Waals surface area contributed by atoms with Crippen LogP contribution in [0, 0.1) is 0 Å². The summed E-state index contributed by atoms with van der Waals surface area (Å²) >= 11 is 23.5. The highest BCUT2D eigenvalue weighted by Crippen LogP contribution is 2.38. The summed E-state index contributed by atoms with van der Waals surface area (Å²) in [4.78, 5) is 106. The molecule has 454 valence electrons. The molecule has 7 N–H and O–H groups in total. The predicted molar refractivity (Wildman–Crippen MR) is 293 cm³/mol. The number of aromatic carboxylic acids is 2. The zero-order valence-electron chi connectivity index (χ0n) is 43.5. The van der Waals surface area contributed by atoms with Gasteiger partial charge < -0.3 is 48.6 Å². The third-order valence-electron chi connectivity index (χ3n) is 9.40. The van der Waals surface area contributed by atoms with E-state index in [4.69, 9.17) is 76.1 Å². The zero-order chi connectivity index (χ0) is 63.1. The number of alkyl halides is 4. The number of carboxylic acid groups (broad SMARTS) is 3. The van der Waals surface area contributed by atoms with Gasteiger partial charge in [0.05, 0.1) is 72.7 Å². The van der Waals surface area contributed by atoms with E-state index in [0.29, 0.717) is 57.2 Å². The first kappa shape index (κ1) is 72.3. The number of benzene rings is 3. The van der Waals surface area contributed by atoms with Crippen LogP contribution in [-0.4, -0.2) is 139 Å². The zero-order valence-corrected chi connectivity index (χ0v) is 49.0. The van der Waals surface area contributed by atoms with Gasteiger partial charge in [-0.3, -0.25) is 25.0 Å². The molecule has 0 spiro atoms. The molecule has 0 fully saturated rings. The molecule has 0 saturated carbocycles. The first-order valence-corrected chi connectivity index (χ1v) is 29.9. The Kier molecular flexibility index (Phi) is 29.7. The van der Waals surface area contributed by atoms with Crippen molar-refractivity contribution in [3.05, 3.63) is 109 Å². The second kappa shape index (κ2) is 34.1. The van der Waals surface area contributed by atoms with Crippen LogP contribution in [0.1, 0.15) is 58.9 Å². The molecule has 4 amide bonds. The summed E-state index contributed by atoms with van der Waals surface area (Å²) < 4.78 is 103. The molecule has 3 aromatic carbocycles. The molecule has 2 aliphatic rings. The Hall–Kier alpha value is -6.80. The van der Waals surface area contributed by atoms with Crippen molar-refractivity contribution in [2.24, 2.45) is 0 Å². The number of carboxylic acids is 3. The Morgan fingerprint density at radius 3 is 1.82 bits per heavy atom. The molecule has 36 heteroatoms. The van der Waals surface area contributed by atoms with Crippen LogP contribution in [0.25, 0.3) is 6.08 Å². The van der Waals surface area contributed by atoms with Gasteiger partial charge in [0.25, 0.3) is 21.8 Å². The van der Waals surface area contributed by atoms with Gasteiger partial charge in [-0.15, -0.1) is 0 Å². The van der Waals surface area contributed by atoms with Crippen molar-refractivity contribution in [1.82, 2.24) is 20.0 Å². The van der Waals surface area contributed by atoms with Crippen LogP contribution in [0.3, 0.4) is 0 Å². The molecule has 0 bridgehead atoms. The first-order valence-electron chi connectivity index (χ1n) is 22.7. The van der Waals surface area contributed by atoms with Gasteiger partial charge in [0.15, 0.2) is 5.75 Å². The van der Waals surface area contributed by atoms with Gasteiger partial charge in [-0.2, -0.15) is 27.5 Å². The fourth-order valence-corrected chi connectivity index (χ4v) is 8.64. The van der Waals surface area contributed by atoms with E-state index in [0.717, 1.165) is 25.0 Å². The Bertz CT molecular complexity index is 3200. The normalized spacial score (nSPS) is 13.5. The van der Waals surface area contributed by atoms with Crippen LogP contribution < -0.4 is 39.4 Å². The van der Waals surface area contributed by atoms with Crippen LogP contribution in [0.4, 0.5) is 34.0 Å². The van der Waals surface area contributed by atoms with E-state index in [1.165, 1.54) is 47.1 Å². The van der Waals surface area contributed by atoms with E-state index >= 15 is 0 Å². The third kappa shape index (κ3) is 24.5. The van der Waals surface area contributed by atoms with Gasteiger partial charge in [0.1, 0.15) is 23.1 Å². The number of hydrogen-bond donors (Lipinski definition) is 7. The molecule has 1 aliphatic heterocycles. The number of anilines is 2. The second-order valence-electron chi connectivity index (χ2n) is 16.1. The van der Waals surface area contributed by atoms with Crippen molar-refractivity contribution < 1.29 is 108 Å². The van der Waals surface area contributed by atoms with Gasteiger partial charge in [-0.05, 0) is 97.6 Å². The maximum absolute atomic E-state index is 12.7. The molecule has 25 nitrogen and oxygen atoms in total. The quantitative estimate of drug-likeness (QED) is 0.0127. The lowest BCUT2D eigenvalue weighted by molar-refractivity contribution is -0.193. The first-order chi connectivity index (χ1) is 38.6. The number of ether oxygens (including phenoxy) is 4. The summed E-state index contributed by atoms with van der Waals surface area (Å²) in [5, 5.41) is 30.0. The highest BCUT2D eigenvalue weighted by molar-refractivity contribution is 7.94. The minimum absolute atomic E-state index is 0.0849. The highest BCUT2D eigenvalue weighted by Gasteiger charge is 2.40. The summed E-state index contributed by atoms with van der Waals surface area (Å²) in [6, 6.07) is 10.9. The number of carbonyl (C=O) groups excluding carboxylic acids is 4. The Labute approximate surface area is 492 Å².